The largest absolute Gasteiger partial charge is 0.442 e. The molecule has 3 aromatic rings. The molecule has 0 atom stereocenters. The van der Waals surface area contributed by atoms with Crippen LogP contribution in [0.2, 0.25) is 0 Å². The monoisotopic (exact) mass is 321 g/mol. The van der Waals surface area contributed by atoms with Crippen LogP contribution in [0.1, 0.15) is 5.76 Å². The minimum Gasteiger partial charge on any atom is -0.442 e. The fourth-order valence-corrected chi connectivity index (χ4v) is 2.45. The number of hydrogen-bond acceptors (Lipinski definition) is 6. The third kappa shape index (κ3) is 1.85. The van der Waals surface area contributed by atoms with Crippen molar-refractivity contribution in [3.8, 4) is 17.0 Å². The number of nitrogens with zero attached hydrogens (tertiary/aromatic N) is 3. The lowest BCUT2D eigenvalue weighted by Gasteiger charge is -1.97. The van der Waals surface area contributed by atoms with Gasteiger partial charge in [-0.2, -0.15) is 5.26 Å². The Kier molecular flexibility index (Phi) is 2.74. The minimum atomic E-state index is 0.127. The van der Waals surface area contributed by atoms with Gasteiger partial charge in [-0.25, -0.2) is 0 Å². The molecule has 88 valence electrons. The average molecular weight is 322 g/mol. The van der Waals surface area contributed by atoms with Crippen molar-refractivity contribution in [2.75, 3.05) is 0 Å². The molecule has 0 saturated carbocycles. The molecule has 0 aliphatic heterocycles. The first-order valence-electron chi connectivity index (χ1n) is 4.86. The van der Waals surface area contributed by atoms with Gasteiger partial charge in [0.2, 0.25) is 5.76 Å². The Morgan fingerprint density at radius 3 is 2.89 bits per heavy atom. The summed E-state index contributed by atoms with van der Waals surface area (Å²) in [5.41, 5.74) is 0.604. The molecular weight excluding hydrogens is 318 g/mol. The fourth-order valence-electron chi connectivity index (χ4n) is 1.52. The molecule has 0 amide bonds. The second-order valence-electron chi connectivity index (χ2n) is 3.29. The smallest absolute Gasteiger partial charge is 0.300 e. The van der Waals surface area contributed by atoms with E-state index >= 15 is 0 Å². The predicted molar refractivity (Wildman–Crippen MR) is 68.6 cm³/mol. The second kappa shape index (κ2) is 4.40. The molecule has 0 radical (unpaired) electrons. The highest BCUT2D eigenvalue weighted by atomic mass is 79.9. The van der Waals surface area contributed by atoms with Crippen LogP contribution in [-0.4, -0.2) is 10.2 Å². The third-order valence-corrected chi connectivity index (χ3v) is 3.46. The van der Waals surface area contributed by atoms with Gasteiger partial charge < -0.3 is 9.15 Å². The zero-order valence-corrected chi connectivity index (χ0v) is 11.2. The maximum Gasteiger partial charge on any atom is 0.300 e. The molecule has 0 saturated heterocycles. The van der Waals surface area contributed by atoms with Crippen LogP contribution in [0, 0.1) is 11.3 Å². The Bertz CT molecular complexity index is 759. The van der Waals surface area contributed by atoms with E-state index in [2.05, 4.69) is 26.1 Å². The molecular formula is C11H4BrN3O2S. The van der Waals surface area contributed by atoms with Crippen LogP contribution in [-0.2, 0) is 0 Å². The molecule has 0 aliphatic rings. The lowest BCUT2D eigenvalue weighted by Crippen LogP contribution is -1.84. The van der Waals surface area contributed by atoms with Gasteiger partial charge in [-0.1, -0.05) is 17.2 Å². The molecule has 0 aliphatic carbocycles. The van der Waals surface area contributed by atoms with Crippen LogP contribution in [0.4, 0.5) is 0 Å². The van der Waals surface area contributed by atoms with Gasteiger partial charge in [0, 0.05) is 0 Å². The van der Waals surface area contributed by atoms with Crippen molar-refractivity contribution < 1.29 is 9.15 Å². The molecule has 0 spiro atoms. The Hall–Kier alpha value is -1.91. The van der Waals surface area contributed by atoms with Gasteiger partial charge >= 0.3 is 5.19 Å². The van der Waals surface area contributed by atoms with Crippen molar-refractivity contribution in [2.24, 2.45) is 0 Å². The molecule has 0 fully saturated rings. The van der Waals surface area contributed by atoms with Crippen LogP contribution in [0.15, 0.2) is 32.6 Å². The molecule has 7 heteroatoms. The number of ether oxygens (including phenoxy) is 1. The van der Waals surface area contributed by atoms with Crippen molar-refractivity contribution in [1.82, 2.24) is 10.2 Å². The molecule has 2 heterocycles. The summed E-state index contributed by atoms with van der Waals surface area (Å²) >= 11 is 4.43. The molecule has 3 rings (SSSR count). The Morgan fingerprint density at radius 2 is 2.17 bits per heavy atom. The van der Waals surface area contributed by atoms with Gasteiger partial charge in [-0.3, -0.25) is 0 Å². The number of hydrogen-bond donors (Lipinski definition) is 0. The number of aromatic nitrogens is 2. The topological polar surface area (TPSA) is 71.9 Å². The van der Waals surface area contributed by atoms with E-state index in [1.807, 2.05) is 24.3 Å². The van der Waals surface area contributed by atoms with E-state index in [0.717, 1.165) is 5.39 Å². The van der Waals surface area contributed by atoms with Crippen LogP contribution in [0.25, 0.3) is 11.0 Å². The van der Waals surface area contributed by atoms with Gasteiger partial charge in [0.25, 0.3) is 0 Å². The van der Waals surface area contributed by atoms with Crippen LogP contribution >= 0.6 is 27.3 Å². The maximum absolute atomic E-state index is 9.04. The van der Waals surface area contributed by atoms with Crippen molar-refractivity contribution >= 4 is 38.2 Å². The van der Waals surface area contributed by atoms with E-state index in [1.54, 1.807) is 6.07 Å². The number of fused-ring (bicyclic) bond motifs is 1. The number of para-hydroxylation sites is 1. The SMILES string of the molecule is N#Cc1oc2ccccc2c1Oc1nnc(Br)s1. The summed E-state index contributed by atoms with van der Waals surface area (Å²) in [5.74, 6) is 0.499. The maximum atomic E-state index is 9.04. The van der Waals surface area contributed by atoms with Crippen molar-refractivity contribution in [1.29, 1.82) is 5.26 Å². The minimum absolute atomic E-state index is 0.127. The summed E-state index contributed by atoms with van der Waals surface area (Å²) in [6.45, 7) is 0. The van der Waals surface area contributed by atoms with Crippen LogP contribution in [0.5, 0.6) is 10.9 Å². The number of halogens is 1. The normalized spacial score (nSPS) is 10.4. The first-order valence-corrected chi connectivity index (χ1v) is 6.47. The molecule has 0 unspecified atom stereocenters. The molecule has 1 aromatic carbocycles. The van der Waals surface area contributed by atoms with E-state index in [9.17, 15) is 0 Å². The van der Waals surface area contributed by atoms with Gasteiger partial charge in [0.15, 0.2) is 9.67 Å². The quantitative estimate of drug-likeness (QED) is 0.719. The van der Waals surface area contributed by atoms with Crippen molar-refractivity contribution in [3.05, 3.63) is 33.9 Å². The highest BCUT2D eigenvalue weighted by Crippen LogP contribution is 2.37. The summed E-state index contributed by atoms with van der Waals surface area (Å²) in [4.78, 5) is 0. The van der Waals surface area contributed by atoms with Crippen LogP contribution in [0.3, 0.4) is 0 Å². The average Bonchev–Trinajstić information content (AvgIpc) is 2.94. The molecule has 18 heavy (non-hydrogen) atoms. The number of furan rings is 1. The van der Waals surface area contributed by atoms with Gasteiger partial charge in [0.1, 0.15) is 11.7 Å². The Morgan fingerprint density at radius 1 is 1.33 bits per heavy atom. The molecule has 2 aromatic heterocycles. The van der Waals surface area contributed by atoms with Crippen molar-refractivity contribution in [2.45, 2.75) is 0 Å². The van der Waals surface area contributed by atoms with E-state index in [0.29, 0.717) is 20.4 Å². The fraction of sp³-hybridized carbons (Fsp3) is 0. The van der Waals surface area contributed by atoms with Crippen LogP contribution < -0.4 is 4.74 Å². The van der Waals surface area contributed by atoms with Gasteiger partial charge in [0.05, 0.1) is 5.39 Å². The first kappa shape index (κ1) is 11.2. The van der Waals surface area contributed by atoms with Gasteiger partial charge in [-0.15, -0.1) is 5.10 Å². The summed E-state index contributed by atoms with van der Waals surface area (Å²) in [6, 6.07) is 9.25. The number of rotatable bonds is 2. The Labute approximate surface area is 114 Å². The van der Waals surface area contributed by atoms with Crippen molar-refractivity contribution in [3.63, 3.8) is 0 Å². The summed E-state index contributed by atoms with van der Waals surface area (Å²) < 4.78 is 11.6. The third-order valence-electron chi connectivity index (χ3n) is 2.22. The summed E-state index contributed by atoms with van der Waals surface area (Å²) in [6.07, 6.45) is 0. The predicted octanol–water partition coefficient (Wildman–Crippen LogP) is 3.71. The first-order chi connectivity index (χ1) is 8.78. The lowest BCUT2D eigenvalue weighted by molar-refractivity contribution is 0.459. The van der Waals surface area contributed by atoms with Gasteiger partial charge in [-0.05, 0) is 39.4 Å². The summed E-state index contributed by atoms with van der Waals surface area (Å²) in [5, 5.41) is 17.7. The van der Waals surface area contributed by atoms with E-state index in [4.69, 9.17) is 14.4 Å². The highest BCUT2D eigenvalue weighted by Gasteiger charge is 2.17. The number of nitriles is 1. The lowest BCUT2D eigenvalue weighted by atomic mass is 10.2. The Balaban J connectivity index is 2.13. The molecule has 0 N–H and O–H groups in total. The molecule has 5 nitrogen and oxygen atoms in total. The summed E-state index contributed by atoms with van der Waals surface area (Å²) in [7, 11) is 0. The molecule has 0 bridgehead atoms. The van der Waals surface area contributed by atoms with E-state index in [1.165, 1.54) is 11.3 Å². The highest BCUT2D eigenvalue weighted by molar-refractivity contribution is 9.11. The van der Waals surface area contributed by atoms with E-state index in [-0.39, 0.29) is 5.76 Å². The number of benzene rings is 1. The van der Waals surface area contributed by atoms with E-state index < -0.39 is 0 Å². The zero-order chi connectivity index (χ0) is 12.5. The second-order valence-corrected chi connectivity index (χ2v) is 5.51. The standard InChI is InChI=1S/C11H4BrN3O2S/c12-10-14-15-11(18-10)17-9-6-3-1-2-4-7(6)16-8(9)5-13/h1-4H. The zero-order valence-electron chi connectivity index (χ0n) is 8.75.